The van der Waals surface area contributed by atoms with Crippen LogP contribution in [0.3, 0.4) is 0 Å². The second-order valence-corrected chi connectivity index (χ2v) is 3.70. The second kappa shape index (κ2) is 17.5. The van der Waals surface area contributed by atoms with Crippen LogP contribution >= 0.6 is 49.7 Å². The Bertz CT molecular complexity index is 95.6. The van der Waals surface area contributed by atoms with Crippen molar-refractivity contribution >= 4 is 58.3 Å². The first-order chi connectivity index (χ1) is 5.38. The number of thiol groups is 2. The zero-order valence-electron chi connectivity index (χ0n) is 6.43. The van der Waals surface area contributed by atoms with Gasteiger partial charge in [0.15, 0.2) is 0 Å². The van der Waals surface area contributed by atoms with Gasteiger partial charge in [0.2, 0.25) is 0 Å². The molecule has 0 amide bonds. The smallest absolute Gasteiger partial charge is 0.128 e. The molecule has 12 heavy (non-hydrogen) atoms. The van der Waals surface area contributed by atoms with E-state index in [0.717, 1.165) is 0 Å². The Kier molecular flexibility index (Phi) is 26.6. The van der Waals surface area contributed by atoms with E-state index in [9.17, 15) is 0 Å². The minimum absolute atomic E-state index is 0.194. The molecule has 0 aromatic rings. The molecule has 0 spiro atoms. The van der Waals surface area contributed by atoms with E-state index in [-0.39, 0.29) is 8.64 Å². The molecule has 0 aliphatic rings. The van der Waals surface area contributed by atoms with Crippen molar-refractivity contribution in [3.63, 3.8) is 0 Å². The van der Waals surface area contributed by atoms with Crippen molar-refractivity contribution in [2.75, 3.05) is 13.1 Å². The molecule has 0 aliphatic heterocycles. The average molecular weight is 246 g/mol. The van der Waals surface area contributed by atoms with Gasteiger partial charge in [-0.1, -0.05) is 24.4 Å². The fourth-order valence-corrected chi connectivity index (χ4v) is 0. The monoisotopic (exact) mass is 246 g/mol. The molecule has 4 nitrogen and oxygen atoms in total. The summed E-state index contributed by atoms with van der Waals surface area (Å²) in [5, 5.41) is 0. The van der Waals surface area contributed by atoms with Crippen LogP contribution in [0, 0.1) is 0 Å². The van der Waals surface area contributed by atoms with Crippen molar-refractivity contribution < 1.29 is 0 Å². The highest BCUT2D eigenvalue weighted by molar-refractivity contribution is 8.11. The molecule has 0 rings (SSSR count). The zero-order chi connectivity index (χ0) is 10.6. The van der Waals surface area contributed by atoms with Gasteiger partial charge in [-0.05, 0) is 0 Å². The van der Waals surface area contributed by atoms with Gasteiger partial charge in [0.25, 0.3) is 0 Å². The third-order valence-corrected chi connectivity index (χ3v) is 0.167. The molecule has 0 aliphatic carbocycles. The van der Waals surface area contributed by atoms with Crippen molar-refractivity contribution in [2.24, 2.45) is 22.9 Å². The molecule has 0 heterocycles. The van der Waals surface area contributed by atoms with Crippen LogP contribution in [-0.2, 0) is 0 Å². The highest BCUT2D eigenvalue weighted by Crippen LogP contribution is 1.63. The summed E-state index contributed by atoms with van der Waals surface area (Å²) in [6.07, 6.45) is 0. The quantitative estimate of drug-likeness (QED) is 0.268. The lowest BCUT2D eigenvalue weighted by Crippen LogP contribution is -2.11. The molecule has 0 radical (unpaired) electrons. The predicted molar refractivity (Wildman–Crippen MR) is 69.7 cm³/mol. The van der Waals surface area contributed by atoms with Crippen LogP contribution in [0.1, 0.15) is 0 Å². The van der Waals surface area contributed by atoms with E-state index in [0.29, 0.717) is 13.1 Å². The topological polar surface area (TPSA) is 104 Å². The number of thiocarbonyl (C=S) groups is 2. The Morgan fingerprint density at radius 1 is 0.917 bits per heavy atom. The first-order valence-electron chi connectivity index (χ1n) is 2.75. The van der Waals surface area contributed by atoms with Crippen LogP contribution in [0.25, 0.3) is 0 Å². The lowest BCUT2D eigenvalue weighted by atomic mass is 10.7. The van der Waals surface area contributed by atoms with Gasteiger partial charge in [-0.25, -0.2) is 0 Å². The van der Waals surface area contributed by atoms with E-state index in [1.165, 1.54) is 0 Å². The minimum atomic E-state index is 0.194. The van der Waals surface area contributed by atoms with E-state index >= 15 is 0 Å². The summed E-state index contributed by atoms with van der Waals surface area (Å²) < 4.78 is 0.389. The van der Waals surface area contributed by atoms with Crippen molar-refractivity contribution in [3.05, 3.63) is 0 Å². The first kappa shape index (κ1) is 18.2. The number of rotatable bonds is 1. The SMILES string of the molecule is NC(=S)S.NC(=S)S.NCCN. The minimum Gasteiger partial charge on any atom is -0.385 e. The molecule has 0 saturated heterocycles. The summed E-state index contributed by atoms with van der Waals surface area (Å²) in [7, 11) is 0. The van der Waals surface area contributed by atoms with E-state index in [1.54, 1.807) is 0 Å². The lowest BCUT2D eigenvalue weighted by Gasteiger charge is -1.72. The highest BCUT2D eigenvalue weighted by atomic mass is 32.1. The number of nitrogens with two attached hydrogens (primary N) is 4. The molecule has 0 saturated carbocycles. The maximum absolute atomic E-state index is 4.90. The van der Waals surface area contributed by atoms with E-state index in [4.69, 9.17) is 22.9 Å². The van der Waals surface area contributed by atoms with Crippen LogP contribution in [0.4, 0.5) is 0 Å². The first-order valence-corrected chi connectivity index (χ1v) is 4.46. The van der Waals surface area contributed by atoms with Gasteiger partial charge >= 0.3 is 0 Å². The maximum Gasteiger partial charge on any atom is 0.128 e. The molecule has 8 N–H and O–H groups in total. The highest BCUT2D eigenvalue weighted by Gasteiger charge is 1.56. The Morgan fingerprint density at radius 2 is 1.00 bits per heavy atom. The van der Waals surface area contributed by atoms with E-state index in [2.05, 4.69) is 49.7 Å². The largest absolute Gasteiger partial charge is 0.385 e. The summed E-state index contributed by atoms with van der Waals surface area (Å²) in [6, 6.07) is 0. The Morgan fingerprint density at radius 3 is 1.00 bits per heavy atom. The molecule has 74 valence electrons. The average Bonchev–Trinajstić information content (AvgIpc) is 1.85. The Balaban J connectivity index is -0.000000101. The van der Waals surface area contributed by atoms with E-state index in [1.807, 2.05) is 0 Å². The van der Waals surface area contributed by atoms with Gasteiger partial charge in [-0.2, -0.15) is 0 Å². The molecule has 0 fully saturated rings. The molecule has 0 aromatic carbocycles. The molecular weight excluding hydrogens is 232 g/mol. The van der Waals surface area contributed by atoms with Crippen molar-refractivity contribution in [3.8, 4) is 0 Å². The third kappa shape index (κ3) is 469. The second-order valence-electron chi connectivity index (χ2n) is 1.25. The maximum atomic E-state index is 4.90. The van der Waals surface area contributed by atoms with Crippen LogP contribution in [0.2, 0.25) is 0 Å². The van der Waals surface area contributed by atoms with Gasteiger partial charge in [0.05, 0.1) is 0 Å². The fourth-order valence-electron chi connectivity index (χ4n) is 0. The summed E-state index contributed by atoms with van der Waals surface area (Å²) in [6.45, 7) is 1.19. The van der Waals surface area contributed by atoms with Crippen LogP contribution in [0.15, 0.2) is 0 Å². The standard InChI is InChI=1S/C2H8N2.2CH3NS2/c3-1-2-4;2*2-1(3)4/h1-4H2;2*(H3,2,3,4). The summed E-state index contributed by atoms with van der Waals surface area (Å²) >= 11 is 15.3. The van der Waals surface area contributed by atoms with Crippen LogP contribution in [0.5, 0.6) is 0 Å². The zero-order valence-corrected chi connectivity index (χ0v) is 9.86. The Hall–Kier alpha value is 0.400. The molecule has 8 heteroatoms. The fraction of sp³-hybridized carbons (Fsp3) is 0.500. The molecule has 0 atom stereocenters. The van der Waals surface area contributed by atoms with Gasteiger partial charge in [-0.3, -0.25) is 0 Å². The molecule has 0 unspecified atom stereocenters. The third-order valence-electron chi connectivity index (χ3n) is 0.167. The predicted octanol–water partition coefficient (Wildman–Crippen LogP) is -0.777. The number of hydrogen-bond acceptors (Lipinski definition) is 4. The summed E-state index contributed by atoms with van der Waals surface area (Å²) in [5.41, 5.74) is 19.2. The number of hydrogen-bond donors (Lipinski definition) is 6. The van der Waals surface area contributed by atoms with Gasteiger partial charge in [-0.15, -0.1) is 25.3 Å². The van der Waals surface area contributed by atoms with Gasteiger partial charge in [0.1, 0.15) is 8.64 Å². The van der Waals surface area contributed by atoms with Crippen molar-refractivity contribution in [1.82, 2.24) is 0 Å². The van der Waals surface area contributed by atoms with Gasteiger partial charge in [0, 0.05) is 13.1 Å². The van der Waals surface area contributed by atoms with Crippen LogP contribution < -0.4 is 22.9 Å². The molecule has 0 aromatic heterocycles. The van der Waals surface area contributed by atoms with Crippen LogP contribution in [-0.4, -0.2) is 21.7 Å². The van der Waals surface area contributed by atoms with Crippen molar-refractivity contribution in [1.29, 1.82) is 0 Å². The Labute approximate surface area is 94.2 Å². The normalized spacial score (nSPS) is 6.67. The summed E-state index contributed by atoms with van der Waals surface area (Å²) in [5.74, 6) is 0. The summed E-state index contributed by atoms with van der Waals surface area (Å²) in [4.78, 5) is 0. The van der Waals surface area contributed by atoms with E-state index < -0.39 is 0 Å². The lowest BCUT2D eigenvalue weighted by molar-refractivity contribution is 0.976. The van der Waals surface area contributed by atoms with Crippen molar-refractivity contribution in [2.45, 2.75) is 0 Å². The molecular formula is C4H14N4S4. The van der Waals surface area contributed by atoms with Gasteiger partial charge < -0.3 is 22.9 Å². The molecule has 0 bridgehead atoms.